The Labute approximate surface area is 108 Å². The highest BCUT2D eigenvalue weighted by atomic mass is 35.5. The van der Waals surface area contributed by atoms with Crippen LogP contribution in [-0.2, 0) is 6.42 Å². The van der Waals surface area contributed by atoms with Gasteiger partial charge in [-0.15, -0.1) is 11.3 Å². The van der Waals surface area contributed by atoms with Crippen molar-refractivity contribution < 1.29 is 4.74 Å². The predicted molar refractivity (Wildman–Crippen MR) is 67.5 cm³/mol. The fourth-order valence-corrected chi connectivity index (χ4v) is 2.18. The van der Waals surface area contributed by atoms with Gasteiger partial charge in [-0.3, -0.25) is 0 Å². The van der Waals surface area contributed by atoms with Gasteiger partial charge >= 0.3 is 0 Å². The first-order chi connectivity index (χ1) is 8.28. The molecule has 0 aliphatic heterocycles. The Hall–Kier alpha value is -1.57. The maximum Gasteiger partial charge on any atom is 0.151 e. The molecule has 0 radical (unpaired) electrons. The van der Waals surface area contributed by atoms with Crippen molar-refractivity contribution in [2.75, 3.05) is 6.61 Å². The smallest absolute Gasteiger partial charge is 0.151 e. The van der Waals surface area contributed by atoms with E-state index in [9.17, 15) is 0 Å². The fraction of sp³-hybridized carbons (Fsp3) is 0.167. The fourth-order valence-electron chi connectivity index (χ4n) is 1.29. The molecule has 0 aliphatic rings. The third kappa shape index (κ3) is 3.45. The van der Waals surface area contributed by atoms with Crippen LogP contribution in [-0.4, -0.2) is 11.6 Å². The molecule has 5 heteroatoms. The van der Waals surface area contributed by atoms with Gasteiger partial charge in [-0.25, -0.2) is 4.98 Å². The largest absolute Gasteiger partial charge is 0.493 e. The van der Waals surface area contributed by atoms with E-state index in [0.29, 0.717) is 23.7 Å². The lowest BCUT2D eigenvalue weighted by Gasteiger charge is -2.04. The molecule has 1 heterocycles. The second-order valence-corrected chi connectivity index (χ2v) is 4.67. The van der Waals surface area contributed by atoms with Gasteiger partial charge in [0, 0.05) is 16.8 Å². The van der Waals surface area contributed by atoms with E-state index in [1.165, 1.54) is 11.3 Å². The minimum Gasteiger partial charge on any atom is -0.493 e. The molecule has 17 heavy (non-hydrogen) atoms. The molecule has 2 aromatic rings. The quantitative estimate of drug-likeness (QED) is 0.851. The van der Waals surface area contributed by atoms with Crippen molar-refractivity contribution in [2.45, 2.75) is 6.42 Å². The summed E-state index contributed by atoms with van der Waals surface area (Å²) >= 11 is 7.31. The van der Waals surface area contributed by atoms with E-state index < -0.39 is 0 Å². The molecule has 0 amide bonds. The van der Waals surface area contributed by atoms with Crippen molar-refractivity contribution in [1.29, 1.82) is 5.26 Å². The molecular weight excluding hydrogens is 256 g/mol. The first-order valence-corrected chi connectivity index (χ1v) is 6.26. The zero-order chi connectivity index (χ0) is 12.1. The van der Waals surface area contributed by atoms with E-state index in [-0.39, 0.29) is 0 Å². The summed E-state index contributed by atoms with van der Waals surface area (Å²) in [5.41, 5.74) is 0.466. The normalized spacial score (nSPS) is 9.88. The van der Waals surface area contributed by atoms with Gasteiger partial charge in [0.2, 0.25) is 0 Å². The lowest BCUT2D eigenvalue weighted by Crippen LogP contribution is -2.00. The van der Waals surface area contributed by atoms with Crippen molar-refractivity contribution in [1.82, 2.24) is 4.98 Å². The molecular formula is C12H9ClN2OS. The molecule has 0 saturated carbocycles. The van der Waals surface area contributed by atoms with Gasteiger partial charge in [0.1, 0.15) is 11.8 Å². The summed E-state index contributed by atoms with van der Waals surface area (Å²) in [6.07, 6.45) is 0.693. The molecule has 0 fully saturated rings. The van der Waals surface area contributed by atoms with Gasteiger partial charge in [0.15, 0.2) is 5.69 Å². The van der Waals surface area contributed by atoms with E-state index in [2.05, 4.69) is 4.98 Å². The van der Waals surface area contributed by atoms with E-state index in [1.54, 1.807) is 17.5 Å². The molecule has 1 aromatic heterocycles. The highest BCUT2D eigenvalue weighted by Crippen LogP contribution is 2.17. The highest BCUT2D eigenvalue weighted by Gasteiger charge is 2.01. The van der Waals surface area contributed by atoms with E-state index in [4.69, 9.17) is 21.6 Å². The molecule has 86 valence electrons. The van der Waals surface area contributed by atoms with Crippen LogP contribution in [0.25, 0.3) is 0 Å². The van der Waals surface area contributed by atoms with Gasteiger partial charge in [0.25, 0.3) is 0 Å². The van der Waals surface area contributed by atoms with Gasteiger partial charge in [-0.05, 0) is 18.2 Å². The van der Waals surface area contributed by atoms with Crippen LogP contribution < -0.4 is 4.74 Å². The molecule has 0 atom stereocenters. The van der Waals surface area contributed by atoms with Crippen LogP contribution in [0, 0.1) is 11.3 Å². The molecule has 0 spiro atoms. The number of ether oxygens (including phenoxy) is 1. The number of hydrogen-bond donors (Lipinski definition) is 0. The third-order valence-electron chi connectivity index (χ3n) is 2.05. The van der Waals surface area contributed by atoms with Gasteiger partial charge in [-0.2, -0.15) is 5.26 Å². The molecule has 1 aromatic carbocycles. The second kappa shape index (κ2) is 5.67. The lowest BCUT2D eigenvalue weighted by atomic mass is 10.3. The SMILES string of the molecule is N#Cc1csc(CCOc2cccc(Cl)c2)n1. The van der Waals surface area contributed by atoms with Crippen LogP contribution in [0.2, 0.25) is 5.02 Å². The first kappa shape index (κ1) is 11.9. The molecule has 3 nitrogen and oxygen atoms in total. The van der Waals surface area contributed by atoms with Crippen molar-refractivity contribution in [3.8, 4) is 11.8 Å². The Kier molecular flexibility index (Phi) is 3.97. The van der Waals surface area contributed by atoms with Crippen molar-refractivity contribution in [3.05, 3.63) is 45.4 Å². The van der Waals surface area contributed by atoms with Crippen molar-refractivity contribution in [2.24, 2.45) is 0 Å². The van der Waals surface area contributed by atoms with Crippen LogP contribution in [0.15, 0.2) is 29.6 Å². The van der Waals surface area contributed by atoms with Gasteiger partial charge in [0.05, 0.1) is 11.6 Å². The molecule has 0 bridgehead atoms. The topological polar surface area (TPSA) is 45.9 Å². The lowest BCUT2D eigenvalue weighted by molar-refractivity contribution is 0.322. The molecule has 2 rings (SSSR count). The van der Waals surface area contributed by atoms with E-state index >= 15 is 0 Å². The number of benzene rings is 1. The van der Waals surface area contributed by atoms with Crippen molar-refractivity contribution in [3.63, 3.8) is 0 Å². The summed E-state index contributed by atoms with van der Waals surface area (Å²) in [4.78, 5) is 4.13. The number of nitriles is 1. The number of hydrogen-bond acceptors (Lipinski definition) is 4. The molecule has 0 saturated heterocycles. The van der Waals surface area contributed by atoms with Crippen molar-refractivity contribution >= 4 is 22.9 Å². The maximum absolute atomic E-state index is 8.63. The predicted octanol–water partition coefficient (Wildman–Crippen LogP) is 3.29. The number of thiazole rings is 1. The summed E-state index contributed by atoms with van der Waals surface area (Å²) in [6.45, 7) is 0.527. The molecule has 0 unspecified atom stereocenters. The average Bonchev–Trinajstić information content (AvgIpc) is 2.77. The summed E-state index contributed by atoms with van der Waals surface area (Å²) in [6, 6.07) is 9.27. The summed E-state index contributed by atoms with van der Waals surface area (Å²) in [7, 11) is 0. The Morgan fingerprint density at radius 3 is 3.06 bits per heavy atom. The number of nitrogens with zero attached hydrogens (tertiary/aromatic N) is 2. The number of rotatable bonds is 4. The number of halogens is 1. The maximum atomic E-state index is 8.63. The zero-order valence-electron chi connectivity index (χ0n) is 8.89. The Bertz CT molecular complexity index is 547. The zero-order valence-corrected chi connectivity index (χ0v) is 10.5. The van der Waals surface area contributed by atoms with Crippen LogP contribution >= 0.6 is 22.9 Å². The van der Waals surface area contributed by atoms with Crippen LogP contribution in [0.5, 0.6) is 5.75 Å². The van der Waals surface area contributed by atoms with Crippen LogP contribution in [0.3, 0.4) is 0 Å². The highest BCUT2D eigenvalue weighted by molar-refractivity contribution is 7.09. The number of aromatic nitrogens is 1. The van der Waals surface area contributed by atoms with E-state index in [0.717, 1.165) is 10.8 Å². The minimum absolute atomic E-state index is 0.466. The molecule has 0 N–H and O–H groups in total. The van der Waals surface area contributed by atoms with E-state index in [1.807, 2.05) is 18.2 Å². The second-order valence-electron chi connectivity index (χ2n) is 3.29. The Morgan fingerprint density at radius 1 is 1.47 bits per heavy atom. The molecule has 0 aliphatic carbocycles. The van der Waals surface area contributed by atoms with Gasteiger partial charge in [-0.1, -0.05) is 17.7 Å². The van der Waals surface area contributed by atoms with Crippen LogP contribution in [0.4, 0.5) is 0 Å². The Morgan fingerprint density at radius 2 is 2.35 bits per heavy atom. The third-order valence-corrected chi connectivity index (χ3v) is 3.19. The Balaban J connectivity index is 1.85. The summed E-state index contributed by atoms with van der Waals surface area (Å²) in [5, 5.41) is 11.9. The first-order valence-electron chi connectivity index (χ1n) is 5.01. The van der Waals surface area contributed by atoms with Gasteiger partial charge < -0.3 is 4.74 Å². The monoisotopic (exact) mass is 264 g/mol. The summed E-state index contributed by atoms with van der Waals surface area (Å²) in [5.74, 6) is 0.745. The summed E-state index contributed by atoms with van der Waals surface area (Å²) < 4.78 is 5.53. The minimum atomic E-state index is 0.466. The van der Waals surface area contributed by atoms with Crippen LogP contribution in [0.1, 0.15) is 10.7 Å². The average molecular weight is 265 g/mol. The standard InChI is InChI=1S/C12H9ClN2OS/c13-9-2-1-3-11(6-9)16-5-4-12-15-10(7-14)8-17-12/h1-3,6,8H,4-5H2.